The normalized spacial score (nSPS) is 35.3. The van der Waals surface area contributed by atoms with Gasteiger partial charge in [0.2, 0.25) is 11.6 Å². The number of ketones is 2. The van der Waals surface area contributed by atoms with E-state index in [-0.39, 0.29) is 40.5 Å². The molecule has 0 aromatic rings. The molecule has 2 aliphatic heterocycles. The lowest BCUT2D eigenvalue weighted by Gasteiger charge is -2.43. The number of rotatable bonds is 4. The average Bonchev–Trinajstić information content (AvgIpc) is 2.90. The third-order valence-electron chi connectivity index (χ3n) is 7.38. The Hall–Kier alpha value is -3.54. The summed E-state index contributed by atoms with van der Waals surface area (Å²) < 4.78 is 28.7. The Kier molecular flexibility index (Phi) is 10.2. The number of fused-ring (bicyclic) bond motifs is 5. The van der Waals surface area contributed by atoms with Gasteiger partial charge >= 0.3 is 6.09 Å². The number of primary amides is 1. The van der Waals surface area contributed by atoms with E-state index >= 15 is 0 Å². The van der Waals surface area contributed by atoms with Gasteiger partial charge in [-0.15, -0.1) is 0 Å². The average molecular weight is 559 g/mol. The molecule has 0 spiro atoms. The van der Waals surface area contributed by atoms with Gasteiger partial charge in [0.15, 0.2) is 11.9 Å². The topological polar surface area (TPSA) is 152 Å². The van der Waals surface area contributed by atoms with Crippen molar-refractivity contribution in [1.82, 2.24) is 5.32 Å². The molecule has 40 heavy (non-hydrogen) atoms. The van der Waals surface area contributed by atoms with Crippen LogP contribution in [0, 0.1) is 11.8 Å². The first-order chi connectivity index (χ1) is 18.9. The first kappa shape index (κ1) is 31.0. The van der Waals surface area contributed by atoms with Crippen molar-refractivity contribution in [1.29, 1.82) is 0 Å². The molecular formula is C29H38N2O9. The van der Waals surface area contributed by atoms with Crippen molar-refractivity contribution in [2.24, 2.45) is 17.6 Å². The molecule has 1 unspecified atom stereocenters. The summed E-state index contributed by atoms with van der Waals surface area (Å²) in [6, 6.07) is 0. The van der Waals surface area contributed by atoms with E-state index in [0.717, 1.165) is 6.08 Å². The molecule has 0 radical (unpaired) electrons. The molecule has 1 aliphatic carbocycles. The fraction of sp³-hybridized carbons (Fsp3) is 0.517. The minimum Gasteiger partial charge on any atom is -0.492 e. The largest absolute Gasteiger partial charge is 0.492 e. The molecule has 11 nitrogen and oxygen atoms in total. The van der Waals surface area contributed by atoms with E-state index in [9.17, 15) is 19.2 Å². The SMILES string of the molecule is COC1=C2C(=O)C(=CC1=O)NC(=O)/C(C)=C\C=C\[C@H](OC)[C@@H](OC(N)=O)/C(C)=C/[C@H](C)[C@H]1OC2[C@@H](C)C[C@@H]1OC. The van der Waals surface area contributed by atoms with Crippen LogP contribution < -0.4 is 11.1 Å². The van der Waals surface area contributed by atoms with Crippen molar-refractivity contribution < 1.29 is 42.9 Å². The number of ether oxygens (including phenoxy) is 5. The maximum atomic E-state index is 13.7. The fourth-order valence-corrected chi connectivity index (χ4v) is 5.32. The number of carbonyl (C=O) groups is 4. The molecule has 4 bridgehead atoms. The predicted octanol–water partition coefficient (Wildman–Crippen LogP) is 2.42. The minimum absolute atomic E-state index is 0.0467. The molecule has 218 valence electrons. The molecule has 1 fully saturated rings. The van der Waals surface area contributed by atoms with Gasteiger partial charge in [0.05, 0.1) is 36.7 Å². The van der Waals surface area contributed by atoms with Crippen LogP contribution in [-0.4, -0.2) is 75.4 Å². The number of nitrogens with one attached hydrogen (secondary N) is 1. The van der Waals surface area contributed by atoms with Crippen molar-refractivity contribution in [3.63, 3.8) is 0 Å². The van der Waals surface area contributed by atoms with Crippen LogP contribution in [-0.2, 0) is 38.1 Å². The van der Waals surface area contributed by atoms with Crippen LogP contribution in [0.2, 0.25) is 0 Å². The molecule has 3 N–H and O–H groups in total. The number of Topliss-reactive ketones (excluding diaryl/α,β-unsaturated/α-hetero) is 1. The van der Waals surface area contributed by atoms with Crippen molar-refractivity contribution in [3.05, 3.63) is 58.6 Å². The molecule has 11 heteroatoms. The van der Waals surface area contributed by atoms with Gasteiger partial charge in [-0.1, -0.05) is 38.2 Å². The molecule has 2 heterocycles. The summed E-state index contributed by atoms with van der Waals surface area (Å²) in [6.45, 7) is 7.14. The number of methoxy groups -OCH3 is 3. The number of amides is 2. The third-order valence-corrected chi connectivity index (χ3v) is 7.38. The van der Waals surface area contributed by atoms with Crippen LogP contribution in [0.1, 0.15) is 34.1 Å². The zero-order chi connectivity index (χ0) is 29.7. The van der Waals surface area contributed by atoms with Gasteiger partial charge in [0, 0.05) is 31.8 Å². The zero-order valence-corrected chi connectivity index (χ0v) is 23.9. The first-order valence-electron chi connectivity index (χ1n) is 13.0. The third kappa shape index (κ3) is 6.60. The Labute approximate surface area is 234 Å². The Morgan fingerprint density at radius 3 is 2.40 bits per heavy atom. The van der Waals surface area contributed by atoms with Crippen molar-refractivity contribution in [2.75, 3.05) is 21.3 Å². The summed E-state index contributed by atoms with van der Waals surface area (Å²) in [7, 11) is 4.36. The summed E-state index contributed by atoms with van der Waals surface area (Å²) >= 11 is 0. The van der Waals surface area contributed by atoms with E-state index in [2.05, 4.69) is 5.32 Å². The number of nitrogens with two attached hydrogens (primary N) is 1. The van der Waals surface area contributed by atoms with Gasteiger partial charge in [0.1, 0.15) is 6.10 Å². The smallest absolute Gasteiger partial charge is 0.405 e. The monoisotopic (exact) mass is 558 g/mol. The highest BCUT2D eigenvalue weighted by molar-refractivity contribution is 6.23. The Morgan fingerprint density at radius 1 is 1.10 bits per heavy atom. The van der Waals surface area contributed by atoms with Crippen molar-refractivity contribution in [3.8, 4) is 0 Å². The second kappa shape index (κ2) is 13.2. The van der Waals surface area contributed by atoms with Crippen LogP contribution in [0.15, 0.2) is 58.6 Å². The Bertz CT molecular complexity index is 1200. The van der Waals surface area contributed by atoms with E-state index in [0.29, 0.717) is 12.0 Å². The van der Waals surface area contributed by atoms with E-state index < -0.39 is 48.0 Å². The maximum absolute atomic E-state index is 13.7. The molecular weight excluding hydrogens is 520 g/mol. The van der Waals surface area contributed by atoms with Crippen molar-refractivity contribution >= 4 is 23.6 Å². The highest BCUT2D eigenvalue weighted by atomic mass is 16.6. The molecule has 2 amide bonds. The van der Waals surface area contributed by atoms with Gasteiger partial charge in [-0.05, 0) is 31.8 Å². The lowest BCUT2D eigenvalue weighted by Crippen LogP contribution is -2.50. The predicted molar refractivity (Wildman–Crippen MR) is 145 cm³/mol. The molecule has 7 atom stereocenters. The van der Waals surface area contributed by atoms with E-state index in [1.54, 1.807) is 33.1 Å². The van der Waals surface area contributed by atoms with Crippen LogP contribution in [0.5, 0.6) is 0 Å². The van der Waals surface area contributed by atoms with E-state index in [4.69, 9.17) is 29.4 Å². The molecule has 0 saturated carbocycles. The molecule has 0 aromatic carbocycles. The van der Waals surface area contributed by atoms with E-state index in [1.807, 2.05) is 19.9 Å². The Balaban J connectivity index is 2.19. The maximum Gasteiger partial charge on any atom is 0.405 e. The zero-order valence-electron chi connectivity index (χ0n) is 23.9. The van der Waals surface area contributed by atoms with Gasteiger partial charge < -0.3 is 34.7 Å². The summed E-state index contributed by atoms with van der Waals surface area (Å²) in [5.41, 5.74) is 6.15. The lowest BCUT2D eigenvalue weighted by atomic mass is 9.80. The van der Waals surface area contributed by atoms with Crippen LogP contribution in [0.25, 0.3) is 0 Å². The summed E-state index contributed by atoms with van der Waals surface area (Å²) in [5.74, 6) is -2.35. The summed E-state index contributed by atoms with van der Waals surface area (Å²) in [5, 5.41) is 2.55. The molecule has 1 saturated heterocycles. The van der Waals surface area contributed by atoms with Crippen molar-refractivity contribution in [2.45, 2.75) is 64.6 Å². The quantitative estimate of drug-likeness (QED) is 0.391. The fourth-order valence-electron chi connectivity index (χ4n) is 5.32. The van der Waals surface area contributed by atoms with Gasteiger partial charge in [-0.25, -0.2) is 4.79 Å². The second-order valence-corrected chi connectivity index (χ2v) is 10.2. The highest BCUT2D eigenvalue weighted by Gasteiger charge is 2.45. The number of hydrogen-bond acceptors (Lipinski definition) is 9. The second-order valence-electron chi connectivity index (χ2n) is 10.2. The standard InChI is InChI=1S/C29H38N2O9/c1-14-9-8-10-20(36-5)24(40-29(30)35)15(2)11-16(3)25-21(37-6)12-17(4)26(39-25)22-23(33)18(31-28(14)34)13-19(32)27(22)38-7/h8-11,13,16-17,20-21,24-26H,12H2,1-7H3,(H2,30,35)(H,31,34)/b10-8+,14-9-,15-11+/t16-,17-,20-,21-,24-,25+,26?/m0/s1. The van der Waals surface area contributed by atoms with Gasteiger partial charge in [0.25, 0.3) is 5.91 Å². The summed E-state index contributed by atoms with van der Waals surface area (Å²) in [6.07, 6.45) is 3.87. The summed E-state index contributed by atoms with van der Waals surface area (Å²) in [4.78, 5) is 51.4. The minimum atomic E-state index is -0.974. The van der Waals surface area contributed by atoms with Crippen LogP contribution in [0.3, 0.4) is 0 Å². The number of carbonyl (C=O) groups excluding carboxylic acids is 4. The molecule has 3 rings (SSSR count). The van der Waals surface area contributed by atoms with Crippen LogP contribution in [0.4, 0.5) is 4.79 Å². The first-order valence-corrected chi connectivity index (χ1v) is 13.0. The lowest BCUT2D eigenvalue weighted by molar-refractivity contribution is -0.155. The highest BCUT2D eigenvalue weighted by Crippen LogP contribution is 2.38. The van der Waals surface area contributed by atoms with Gasteiger partial charge in [-0.2, -0.15) is 0 Å². The van der Waals surface area contributed by atoms with Crippen LogP contribution >= 0.6 is 0 Å². The Morgan fingerprint density at radius 2 is 1.80 bits per heavy atom. The number of hydrogen-bond donors (Lipinski definition) is 2. The number of allylic oxidation sites excluding steroid dienone is 4. The van der Waals surface area contributed by atoms with E-state index in [1.165, 1.54) is 20.3 Å². The molecule has 0 aromatic heterocycles. The van der Waals surface area contributed by atoms with Gasteiger partial charge in [-0.3, -0.25) is 14.4 Å². The molecule has 3 aliphatic rings.